The number of rotatable bonds is 8. The van der Waals surface area contributed by atoms with Gasteiger partial charge in [0, 0.05) is 10.0 Å². The second-order valence-corrected chi connectivity index (χ2v) is 5.40. The van der Waals surface area contributed by atoms with Gasteiger partial charge in [-0.25, -0.2) is 0 Å². The molecule has 18 heavy (non-hydrogen) atoms. The van der Waals surface area contributed by atoms with E-state index in [1.54, 1.807) is 12.1 Å². The van der Waals surface area contributed by atoms with E-state index in [1.165, 1.54) is 0 Å². The molecule has 0 amide bonds. The lowest BCUT2D eigenvalue weighted by atomic mass is 10.1. The Morgan fingerprint density at radius 3 is 2.17 bits per heavy atom. The lowest BCUT2D eigenvalue weighted by Crippen LogP contribution is -2.08. The van der Waals surface area contributed by atoms with Crippen LogP contribution in [-0.4, -0.2) is 25.6 Å². The molecule has 0 heterocycles. The van der Waals surface area contributed by atoms with Crippen molar-refractivity contribution in [1.82, 2.24) is 0 Å². The Hall–Kier alpha value is -0.320. The van der Waals surface area contributed by atoms with E-state index in [9.17, 15) is 4.79 Å². The van der Waals surface area contributed by atoms with Gasteiger partial charge < -0.3 is 13.6 Å². The fourth-order valence-electron chi connectivity index (χ4n) is 1.15. The van der Waals surface area contributed by atoms with E-state index in [0.717, 1.165) is 4.47 Å². The maximum Gasteiger partial charge on any atom is 0.333 e. The molecule has 0 aliphatic rings. The molecular formula is C12H16BrO4P. The molecule has 0 aliphatic carbocycles. The normalized spacial score (nSPS) is 10.9. The first-order chi connectivity index (χ1) is 8.67. The molecule has 0 N–H and O–H groups in total. The van der Waals surface area contributed by atoms with Crippen LogP contribution in [0.4, 0.5) is 0 Å². The van der Waals surface area contributed by atoms with Crippen LogP contribution in [0.2, 0.25) is 0 Å². The van der Waals surface area contributed by atoms with Crippen LogP contribution in [-0.2, 0) is 13.6 Å². The van der Waals surface area contributed by atoms with E-state index in [4.69, 9.17) is 13.6 Å². The maximum absolute atomic E-state index is 11.8. The Morgan fingerprint density at radius 1 is 1.11 bits per heavy atom. The standard InChI is InChI=1S/C12H16BrO4P/c1-3-15-18(16-4-2)17-9-12(14)10-5-7-11(13)8-6-10/h5-8H,3-4,9H2,1-2H3. The van der Waals surface area contributed by atoms with Gasteiger partial charge in [0.15, 0.2) is 5.78 Å². The van der Waals surface area contributed by atoms with Crippen LogP contribution < -0.4 is 0 Å². The lowest BCUT2D eigenvalue weighted by molar-refractivity contribution is 0.0882. The predicted molar refractivity (Wildman–Crippen MR) is 74.6 cm³/mol. The van der Waals surface area contributed by atoms with Gasteiger partial charge in [0.25, 0.3) is 0 Å². The van der Waals surface area contributed by atoms with Crippen LogP contribution in [0.1, 0.15) is 24.2 Å². The summed E-state index contributed by atoms with van der Waals surface area (Å²) in [5.74, 6) is -0.0885. The molecule has 0 radical (unpaired) electrons. The van der Waals surface area contributed by atoms with Crippen molar-refractivity contribution in [1.29, 1.82) is 0 Å². The number of Topliss-reactive ketones (excluding diaryl/α,β-unsaturated/α-hetero) is 1. The van der Waals surface area contributed by atoms with Crippen molar-refractivity contribution < 1.29 is 18.4 Å². The molecule has 0 atom stereocenters. The summed E-state index contributed by atoms with van der Waals surface area (Å²) in [6.45, 7) is 4.67. The van der Waals surface area contributed by atoms with Gasteiger partial charge in [-0.2, -0.15) is 0 Å². The van der Waals surface area contributed by atoms with Gasteiger partial charge in [0.2, 0.25) is 0 Å². The maximum atomic E-state index is 11.8. The van der Waals surface area contributed by atoms with Crippen LogP contribution in [0.5, 0.6) is 0 Å². The molecule has 100 valence electrons. The molecule has 0 aromatic heterocycles. The van der Waals surface area contributed by atoms with Crippen molar-refractivity contribution in [2.24, 2.45) is 0 Å². The summed E-state index contributed by atoms with van der Waals surface area (Å²) >= 11 is 3.32. The Kier molecular flexibility index (Phi) is 7.63. The number of benzene rings is 1. The molecular weight excluding hydrogens is 319 g/mol. The van der Waals surface area contributed by atoms with E-state index in [-0.39, 0.29) is 12.4 Å². The average molecular weight is 335 g/mol. The minimum Gasteiger partial charge on any atom is -0.313 e. The molecule has 0 saturated carbocycles. The van der Waals surface area contributed by atoms with Gasteiger partial charge >= 0.3 is 8.60 Å². The van der Waals surface area contributed by atoms with Gasteiger partial charge in [-0.15, -0.1) is 0 Å². The highest BCUT2D eigenvalue weighted by atomic mass is 79.9. The molecule has 0 saturated heterocycles. The first-order valence-electron chi connectivity index (χ1n) is 5.65. The molecule has 6 heteroatoms. The highest BCUT2D eigenvalue weighted by molar-refractivity contribution is 9.10. The SMILES string of the molecule is CCOP(OCC)OCC(=O)c1ccc(Br)cc1. The minimum atomic E-state index is -1.42. The molecule has 0 unspecified atom stereocenters. The topological polar surface area (TPSA) is 44.8 Å². The molecule has 0 bridgehead atoms. The van der Waals surface area contributed by atoms with Crippen LogP contribution in [0, 0.1) is 0 Å². The summed E-state index contributed by atoms with van der Waals surface area (Å²) < 4.78 is 16.8. The zero-order chi connectivity index (χ0) is 13.4. The van der Waals surface area contributed by atoms with Crippen LogP contribution >= 0.6 is 24.5 Å². The molecule has 0 fully saturated rings. The quantitative estimate of drug-likeness (QED) is 0.533. The van der Waals surface area contributed by atoms with E-state index in [1.807, 2.05) is 26.0 Å². The van der Waals surface area contributed by atoms with Crippen molar-refractivity contribution in [2.45, 2.75) is 13.8 Å². The first-order valence-corrected chi connectivity index (χ1v) is 7.53. The number of hydrogen-bond acceptors (Lipinski definition) is 4. The lowest BCUT2D eigenvalue weighted by Gasteiger charge is -2.14. The summed E-state index contributed by atoms with van der Waals surface area (Å²) in [6, 6.07) is 7.14. The highest BCUT2D eigenvalue weighted by Gasteiger charge is 2.14. The molecule has 0 aliphatic heterocycles. The van der Waals surface area contributed by atoms with Crippen molar-refractivity contribution in [3.8, 4) is 0 Å². The van der Waals surface area contributed by atoms with Crippen molar-refractivity contribution >= 4 is 30.3 Å². The molecule has 0 spiro atoms. The molecule has 1 aromatic rings. The van der Waals surface area contributed by atoms with Crippen molar-refractivity contribution in [2.75, 3.05) is 19.8 Å². The predicted octanol–water partition coefficient (Wildman–Crippen LogP) is 3.95. The summed E-state index contributed by atoms with van der Waals surface area (Å²) in [4.78, 5) is 11.8. The van der Waals surface area contributed by atoms with E-state index < -0.39 is 8.60 Å². The first kappa shape index (κ1) is 15.7. The van der Waals surface area contributed by atoms with Gasteiger partial charge in [-0.1, -0.05) is 28.1 Å². The Labute approximate surface area is 117 Å². The van der Waals surface area contributed by atoms with Crippen molar-refractivity contribution in [3.63, 3.8) is 0 Å². The van der Waals surface area contributed by atoms with Crippen LogP contribution in [0.25, 0.3) is 0 Å². The second-order valence-electron chi connectivity index (χ2n) is 3.26. The summed E-state index contributed by atoms with van der Waals surface area (Å²) in [5.41, 5.74) is 0.612. The Bertz CT molecular complexity index is 363. The number of carbonyl (C=O) groups excluding carboxylic acids is 1. The van der Waals surface area contributed by atoms with Gasteiger partial charge in [-0.05, 0) is 26.0 Å². The third-order valence-electron chi connectivity index (χ3n) is 1.94. The monoisotopic (exact) mass is 334 g/mol. The third-order valence-corrected chi connectivity index (χ3v) is 3.74. The molecule has 1 rings (SSSR count). The van der Waals surface area contributed by atoms with Gasteiger partial charge in [-0.3, -0.25) is 4.79 Å². The van der Waals surface area contributed by atoms with Crippen molar-refractivity contribution in [3.05, 3.63) is 34.3 Å². The third kappa shape index (κ3) is 5.55. The van der Waals surface area contributed by atoms with E-state index in [2.05, 4.69) is 15.9 Å². The van der Waals surface area contributed by atoms with Crippen LogP contribution in [0.3, 0.4) is 0 Å². The Morgan fingerprint density at radius 2 is 1.67 bits per heavy atom. The fraction of sp³-hybridized carbons (Fsp3) is 0.417. The van der Waals surface area contributed by atoms with Gasteiger partial charge in [0.05, 0.1) is 13.2 Å². The molecule has 4 nitrogen and oxygen atoms in total. The minimum absolute atomic E-state index is 0.0344. The number of hydrogen-bond donors (Lipinski definition) is 0. The zero-order valence-electron chi connectivity index (χ0n) is 10.4. The van der Waals surface area contributed by atoms with Crippen LogP contribution in [0.15, 0.2) is 28.7 Å². The number of ketones is 1. The van der Waals surface area contributed by atoms with E-state index in [0.29, 0.717) is 18.8 Å². The highest BCUT2D eigenvalue weighted by Crippen LogP contribution is 2.39. The fourth-order valence-corrected chi connectivity index (χ4v) is 2.29. The largest absolute Gasteiger partial charge is 0.333 e. The summed E-state index contributed by atoms with van der Waals surface area (Å²) in [7, 11) is -1.42. The van der Waals surface area contributed by atoms with E-state index >= 15 is 0 Å². The number of halogens is 1. The summed E-state index contributed by atoms with van der Waals surface area (Å²) in [5, 5.41) is 0. The zero-order valence-corrected chi connectivity index (χ0v) is 12.9. The molecule has 1 aromatic carbocycles. The average Bonchev–Trinajstić information content (AvgIpc) is 2.37. The Balaban J connectivity index is 2.46. The smallest absolute Gasteiger partial charge is 0.313 e. The second kappa shape index (κ2) is 8.73. The number of carbonyl (C=O) groups is 1. The summed E-state index contributed by atoms with van der Waals surface area (Å²) in [6.07, 6.45) is 0. The van der Waals surface area contributed by atoms with Gasteiger partial charge in [0.1, 0.15) is 6.61 Å².